The summed E-state index contributed by atoms with van der Waals surface area (Å²) in [5.41, 5.74) is 3.10. The van der Waals surface area contributed by atoms with Gasteiger partial charge in [-0.1, -0.05) is 6.92 Å². The number of rotatable bonds is 5. The monoisotopic (exact) mass is 284 g/mol. The van der Waals surface area contributed by atoms with Crippen molar-refractivity contribution >= 4 is 11.0 Å². The minimum absolute atomic E-state index is 0.227. The fraction of sp³-hybridized carbons (Fsp3) is 0.400. The van der Waals surface area contributed by atoms with Gasteiger partial charge in [-0.2, -0.15) is 5.10 Å². The van der Waals surface area contributed by atoms with Crippen LogP contribution in [-0.4, -0.2) is 24.7 Å². The number of aromatic amines is 1. The van der Waals surface area contributed by atoms with Crippen LogP contribution in [0.5, 0.6) is 0 Å². The molecule has 3 aromatic heterocycles. The van der Waals surface area contributed by atoms with Gasteiger partial charge in [-0.25, -0.2) is 9.97 Å². The molecule has 0 spiro atoms. The van der Waals surface area contributed by atoms with E-state index in [1.807, 2.05) is 31.0 Å². The van der Waals surface area contributed by atoms with Crippen LogP contribution in [0.4, 0.5) is 0 Å². The standard InChI is InChI=1S/C15H20N6/c1-4-13(14-16-5-6-17-14)18-8-11-7-12-10(2)20-21(3)15(12)19-9-11/h5-7,9,13,18H,4,8H2,1-3H3,(H,16,17). The lowest BCUT2D eigenvalue weighted by Gasteiger charge is -2.14. The van der Waals surface area contributed by atoms with Gasteiger partial charge in [0.1, 0.15) is 5.82 Å². The number of hydrogen-bond acceptors (Lipinski definition) is 4. The van der Waals surface area contributed by atoms with E-state index in [-0.39, 0.29) is 6.04 Å². The van der Waals surface area contributed by atoms with Gasteiger partial charge in [-0.15, -0.1) is 0 Å². The molecule has 0 aliphatic rings. The van der Waals surface area contributed by atoms with Gasteiger partial charge in [0.15, 0.2) is 5.65 Å². The highest BCUT2D eigenvalue weighted by Crippen LogP contribution is 2.18. The average molecular weight is 284 g/mol. The number of nitrogens with zero attached hydrogens (tertiary/aromatic N) is 4. The lowest BCUT2D eigenvalue weighted by atomic mass is 10.1. The van der Waals surface area contributed by atoms with E-state index in [1.165, 1.54) is 0 Å². The summed E-state index contributed by atoms with van der Waals surface area (Å²) >= 11 is 0. The van der Waals surface area contributed by atoms with Crippen LogP contribution in [0.15, 0.2) is 24.7 Å². The van der Waals surface area contributed by atoms with Crippen molar-refractivity contribution in [3.63, 3.8) is 0 Å². The quantitative estimate of drug-likeness (QED) is 0.753. The molecule has 1 unspecified atom stereocenters. The molecule has 0 amide bonds. The smallest absolute Gasteiger partial charge is 0.157 e. The minimum atomic E-state index is 0.227. The summed E-state index contributed by atoms with van der Waals surface area (Å²) in [6, 6.07) is 2.39. The molecular weight excluding hydrogens is 264 g/mol. The SMILES string of the molecule is CCC(NCc1cnc2c(c1)c(C)nn2C)c1ncc[nH]1. The molecule has 0 fully saturated rings. The van der Waals surface area contributed by atoms with Crippen LogP contribution >= 0.6 is 0 Å². The van der Waals surface area contributed by atoms with Crippen molar-refractivity contribution in [3.8, 4) is 0 Å². The number of hydrogen-bond donors (Lipinski definition) is 2. The number of H-pyrrole nitrogens is 1. The van der Waals surface area contributed by atoms with Crippen molar-refractivity contribution in [2.24, 2.45) is 7.05 Å². The van der Waals surface area contributed by atoms with E-state index < -0.39 is 0 Å². The molecule has 0 saturated heterocycles. The van der Waals surface area contributed by atoms with Crippen LogP contribution < -0.4 is 5.32 Å². The molecule has 3 aromatic rings. The van der Waals surface area contributed by atoms with Crippen molar-refractivity contribution in [3.05, 3.63) is 41.7 Å². The molecule has 0 aromatic carbocycles. The summed E-state index contributed by atoms with van der Waals surface area (Å²) in [4.78, 5) is 12.0. The Hall–Kier alpha value is -2.21. The number of imidazole rings is 1. The number of aromatic nitrogens is 5. The van der Waals surface area contributed by atoms with E-state index >= 15 is 0 Å². The molecular formula is C15H20N6. The van der Waals surface area contributed by atoms with Crippen LogP contribution in [0, 0.1) is 6.92 Å². The van der Waals surface area contributed by atoms with E-state index in [9.17, 15) is 0 Å². The lowest BCUT2D eigenvalue weighted by molar-refractivity contribution is 0.497. The van der Waals surface area contributed by atoms with Gasteiger partial charge < -0.3 is 10.3 Å². The Kier molecular flexibility index (Phi) is 3.70. The van der Waals surface area contributed by atoms with Crippen LogP contribution in [0.1, 0.15) is 36.5 Å². The molecule has 0 bridgehead atoms. The molecule has 0 radical (unpaired) electrons. The summed E-state index contributed by atoms with van der Waals surface area (Å²) in [7, 11) is 1.92. The summed E-state index contributed by atoms with van der Waals surface area (Å²) in [6.45, 7) is 4.92. The first kappa shape index (κ1) is 13.8. The number of nitrogens with one attached hydrogen (secondary N) is 2. The molecule has 21 heavy (non-hydrogen) atoms. The molecule has 2 N–H and O–H groups in total. The second-order valence-corrected chi connectivity index (χ2v) is 5.24. The third-order valence-corrected chi connectivity index (χ3v) is 3.73. The normalized spacial score (nSPS) is 12.9. The molecule has 0 saturated carbocycles. The van der Waals surface area contributed by atoms with Crippen molar-refractivity contribution in [1.29, 1.82) is 0 Å². The van der Waals surface area contributed by atoms with E-state index in [1.54, 1.807) is 6.20 Å². The number of pyridine rings is 1. The van der Waals surface area contributed by atoms with Gasteiger partial charge in [-0.3, -0.25) is 4.68 Å². The van der Waals surface area contributed by atoms with Gasteiger partial charge in [0.05, 0.1) is 11.7 Å². The molecule has 6 nitrogen and oxygen atoms in total. The van der Waals surface area contributed by atoms with Crippen molar-refractivity contribution in [1.82, 2.24) is 30.0 Å². The molecule has 6 heteroatoms. The molecule has 110 valence electrons. The highest BCUT2D eigenvalue weighted by Gasteiger charge is 2.12. The Balaban J connectivity index is 1.77. The maximum absolute atomic E-state index is 4.51. The highest BCUT2D eigenvalue weighted by molar-refractivity contribution is 5.78. The zero-order valence-corrected chi connectivity index (χ0v) is 12.6. The summed E-state index contributed by atoms with van der Waals surface area (Å²) in [5.74, 6) is 0.976. The maximum atomic E-state index is 4.51. The Morgan fingerprint density at radius 3 is 2.95 bits per heavy atom. The van der Waals surface area contributed by atoms with Gasteiger partial charge in [0.2, 0.25) is 0 Å². The molecule has 0 aliphatic carbocycles. The van der Waals surface area contributed by atoms with Gasteiger partial charge >= 0.3 is 0 Å². The second kappa shape index (κ2) is 5.65. The van der Waals surface area contributed by atoms with E-state index in [2.05, 4.69) is 38.4 Å². The van der Waals surface area contributed by atoms with Crippen molar-refractivity contribution < 1.29 is 0 Å². The Bertz CT molecular complexity index is 728. The minimum Gasteiger partial charge on any atom is -0.347 e. The Morgan fingerprint density at radius 2 is 2.24 bits per heavy atom. The van der Waals surface area contributed by atoms with Crippen LogP contribution in [0.2, 0.25) is 0 Å². The fourth-order valence-electron chi connectivity index (χ4n) is 2.59. The van der Waals surface area contributed by atoms with E-state index in [0.717, 1.165) is 41.1 Å². The second-order valence-electron chi connectivity index (χ2n) is 5.24. The summed E-state index contributed by atoms with van der Waals surface area (Å²) in [6.07, 6.45) is 6.53. The third-order valence-electron chi connectivity index (χ3n) is 3.73. The molecule has 0 aliphatic heterocycles. The molecule has 3 heterocycles. The van der Waals surface area contributed by atoms with Gasteiger partial charge in [0.25, 0.3) is 0 Å². The maximum Gasteiger partial charge on any atom is 0.157 e. The van der Waals surface area contributed by atoms with Gasteiger partial charge in [-0.05, 0) is 25.0 Å². The predicted molar refractivity (Wildman–Crippen MR) is 81.7 cm³/mol. The zero-order chi connectivity index (χ0) is 14.8. The number of fused-ring (bicyclic) bond motifs is 1. The van der Waals surface area contributed by atoms with Crippen molar-refractivity contribution in [2.75, 3.05) is 0 Å². The highest BCUT2D eigenvalue weighted by atomic mass is 15.3. The van der Waals surface area contributed by atoms with Gasteiger partial charge in [0, 0.05) is 37.6 Å². The van der Waals surface area contributed by atoms with E-state index in [0.29, 0.717) is 0 Å². The average Bonchev–Trinajstić information content (AvgIpc) is 3.10. The number of aryl methyl sites for hydroxylation is 2. The first-order valence-corrected chi connectivity index (χ1v) is 7.20. The molecule has 1 atom stereocenters. The lowest BCUT2D eigenvalue weighted by Crippen LogP contribution is -2.21. The summed E-state index contributed by atoms with van der Waals surface area (Å²) < 4.78 is 1.82. The third kappa shape index (κ3) is 2.67. The van der Waals surface area contributed by atoms with Crippen LogP contribution in [-0.2, 0) is 13.6 Å². The largest absolute Gasteiger partial charge is 0.347 e. The summed E-state index contributed by atoms with van der Waals surface area (Å²) in [5, 5.41) is 9.03. The fourth-order valence-corrected chi connectivity index (χ4v) is 2.59. The predicted octanol–water partition coefficient (Wildman–Crippen LogP) is 2.24. The van der Waals surface area contributed by atoms with Crippen molar-refractivity contribution in [2.45, 2.75) is 32.9 Å². The first-order valence-electron chi connectivity index (χ1n) is 7.20. The van der Waals surface area contributed by atoms with E-state index in [4.69, 9.17) is 0 Å². The first-order chi connectivity index (χ1) is 10.2. The Labute approximate surface area is 123 Å². The topological polar surface area (TPSA) is 71.4 Å². The van der Waals surface area contributed by atoms with Crippen LogP contribution in [0.3, 0.4) is 0 Å². The zero-order valence-electron chi connectivity index (χ0n) is 12.6. The Morgan fingerprint density at radius 1 is 1.38 bits per heavy atom. The van der Waals surface area contributed by atoms with Crippen LogP contribution in [0.25, 0.3) is 11.0 Å². The molecule has 3 rings (SSSR count).